The Bertz CT molecular complexity index is 1230. The van der Waals surface area contributed by atoms with Crippen molar-refractivity contribution in [2.24, 2.45) is 0 Å². The Kier molecular flexibility index (Phi) is 4.80. The van der Waals surface area contributed by atoms with Crippen molar-refractivity contribution in [3.63, 3.8) is 0 Å². The molecule has 1 amide bonds. The molecule has 1 saturated heterocycles. The molecule has 3 aromatic carbocycles. The molecule has 4 heteroatoms. The van der Waals surface area contributed by atoms with Gasteiger partial charge < -0.3 is 0 Å². The van der Waals surface area contributed by atoms with Crippen LogP contribution in [0.25, 0.3) is 5.57 Å². The lowest BCUT2D eigenvalue weighted by Gasteiger charge is -2.42. The van der Waals surface area contributed by atoms with Crippen molar-refractivity contribution < 1.29 is 4.79 Å². The highest BCUT2D eigenvalue weighted by molar-refractivity contribution is 6.12. The van der Waals surface area contributed by atoms with E-state index in [1.165, 1.54) is 22.3 Å². The Balaban J connectivity index is 1.55. The second-order valence-electron chi connectivity index (χ2n) is 10.3. The Labute approximate surface area is 202 Å². The van der Waals surface area contributed by atoms with Crippen LogP contribution in [0.2, 0.25) is 0 Å². The zero-order chi connectivity index (χ0) is 23.5. The number of carbonyl (C=O) groups is 1. The summed E-state index contributed by atoms with van der Waals surface area (Å²) in [5.41, 5.74) is 5.90. The van der Waals surface area contributed by atoms with E-state index >= 15 is 0 Å². The van der Waals surface area contributed by atoms with Crippen LogP contribution in [0.1, 0.15) is 43.0 Å². The van der Waals surface area contributed by atoms with E-state index in [2.05, 4.69) is 120 Å². The van der Waals surface area contributed by atoms with Crippen LogP contribution in [0.15, 0.2) is 84.9 Å². The SMILES string of the molecule is CC1=CC(C)(C)N2C(=O)C3(c4cccc1c42)N(Cc1ccccc1)CCN3Cc1ccccc1. The third kappa shape index (κ3) is 2.95. The summed E-state index contributed by atoms with van der Waals surface area (Å²) in [6, 6.07) is 27.6. The van der Waals surface area contributed by atoms with E-state index in [1.807, 2.05) is 0 Å². The second-order valence-corrected chi connectivity index (χ2v) is 10.3. The van der Waals surface area contributed by atoms with Gasteiger partial charge in [0.2, 0.25) is 0 Å². The minimum Gasteiger partial charge on any atom is -0.299 e. The Hall–Kier alpha value is -3.21. The molecule has 34 heavy (non-hydrogen) atoms. The minimum atomic E-state index is -0.813. The molecule has 0 unspecified atom stereocenters. The van der Waals surface area contributed by atoms with Gasteiger partial charge in [-0.05, 0) is 37.5 Å². The smallest absolute Gasteiger partial charge is 0.268 e. The first-order valence-electron chi connectivity index (χ1n) is 12.2. The molecule has 0 saturated carbocycles. The number of para-hydroxylation sites is 1. The Morgan fingerprint density at radius 2 is 1.32 bits per heavy atom. The van der Waals surface area contributed by atoms with Crippen LogP contribution in [-0.2, 0) is 23.5 Å². The van der Waals surface area contributed by atoms with Gasteiger partial charge in [0.15, 0.2) is 5.66 Å². The number of fused-ring (bicyclic) bond motifs is 1. The average molecular weight is 450 g/mol. The van der Waals surface area contributed by atoms with E-state index in [1.54, 1.807) is 0 Å². The molecule has 0 N–H and O–H groups in total. The summed E-state index contributed by atoms with van der Waals surface area (Å²) >= 11 is 0. The van der Waals surface area contributed by atoms with E-state index in [9.17, 15) is 4.79 Å². The second kappa shape index (κ2) is 7.66. The first-order valence-corrected chi connectivity index (χ1v) is 12.2. The zero-order valence-corrected chi connectivity index (χ0v) is 20.2. The maximum absolute atomic E-state index is 14.7. The molecule has 3 aliphatic heterocycles. The Morgan fingerprint density at radius 1 is 0.765 bits per heavy atom. The number of anilines is 1. The minimum absolute atomic E-state index is 0.174. The highest BCUT2D eigenvalue weighted by atomic mass is 16.2. The van der Waals surface area contributed by atoms with Gasteiger partial charge in [-0.2, -0.15) is 0 Å². The topological polar surface area (TPSA) is 26.8 Å². The molecule has 3 aliphatic rings. The van der Waals surface area contributed by atoms with Gasteiger partial charge in [0.1, 0.15) is 0 Å². The normalized spacial score (nSPS) is 20.6. The van der Waals surface area contributed by atoms with Gasteiger partial charge in [-0.25, -0.2) is 0 Å². The van der Waals surface area contributed by atoms with Gasteiger partial charge in [0, 0.05) is 37.3 Å². The molecule has 0 bridgehead atoms. The summed E-state index contributed by atoms with van der Waals surface area (Å²) in [5, 5.41) is 0. The first kappa shape index (κ1) is 21.3. The molecular weight excluding hydrogens is 418 g/mol. The predicted molar refractivity (Wildman–Crippen MR) is 137 cm³/mol. The summed E-state index contributed by atoms with van der Waals surface area (Å²) < 4.78 is 0. The number of rotatable bonds is 4. The van der Waals surface area contributed by atoms with Gasteiger partial charge in [0.05, 0.1) is 11.2 Å². The largest absolute Gasteiger partial charge is 0.299 e. The number of hydrogen-bond donors (Lipinski definition) is 0. The molecule has 1 spiro atoms. The van der Waals surface area contributed by atoms with Gasteiger partial charge in [0.25, 0.3) is 5.91 Å². The fourth-order valence-electron chi connectivity index (χ4n) is 6.35. The number of carbonyl (C=O) groups excluding carboxylic acids is 1. The molecule has 1 fully saturated rings. The van der Waals surface area contributed by atoms with Crippen molar-refractivity contribution in [2.75, 3.05) is 18.0 Å². The monoisotopic (exact) mass is 449 g/mol. The molecule has 0 aliphatic carbocycles. The quantitative estimate of drug-likeness (QED) is 0.534. The van der Waals surface area contributed by atoms with Crippen molar-refractivity contribution in [2.45, 2.75) is 45.1 Å². The highest BCUT2D eigenvalue weighted by Gasteiger charge is 2.63. The summed E-state index contributed by atoms with van der Waals surface area (Å²) in [7, 11) is 0. The van der Waals surface area contributed by atoms with Gasteiger partial charge >= 0.3 is 0 Å². The van der Waals surface area contributed by atoms with Crippen LogP contribution in [0.3, 0.4) is 0 Å². The molecular formula is C30H31N3O. The van der Waals surface area contributed by atoms with Crippen LogP contribution in [0.4, 0.5) is 5.69 Å². The van der Waals surface area contributed by atoms with Gasteiger partial charge in [-0.1, -0.05) is 84.9 Å². The lowest BCUT2D eigenvalue weighted by Crippen LogP contribution is -2.59. The maximum atomic E-state index is 14.7. The molecule has 6 rings (SSSR count). The summed E-state index contributed by atoms with van der Waals surface area (Å²) in [6.07, 6.45) is 2.24. The Morgan fingerprint density at radius 3 is 1.88 bits per heavy atom. The number of allylic oxidation sites excluding steroid dienone is 1. The standard InChI is InChI=1S/C30H31N3O/c1-22-19-29(2,3)33-27-25(22)15-10-16-26(27)30(28(33)34)31(20-23-11-6-4-7-12-23)17-18-32(30)21-24-13-8-5-9-14-24/h4-16,19H,17-18,20-21H2,1-3H3. The molecule has 3 aromatic rings. The van der Waals surface area contributed by atoms with E-state index < -0.39 is 5.66 Å². The fourth-order valence-corrected chi connectivity index (χ4v) is 6.35. The molecule has 3 heterocycles. The fraction of sp³-hybridized carbons (Fsp3) is 0.300. The van der Waals surface area contributed by atoms with Crippen LogP contribution in [0, 0.1) is 0 Å². The lowest BCUT2D eigenvalue weighted by molar-refractivity contribution is -0.139. The first-order chi connectivity index (χ1) is 16.4. The van der Waals surface area contributed by atoms with E-state index in [0.717, 1.165) is 37.4 Å². The van der Waals surface area contributed by atoms with Crippen molar-refractivity contribution in [1.82, 2.24) is 9.80 Å². The molecule has 0 atom stereocenters. The number of amides is 1. The van der Waals surface area contributed by atoms with E-state index in [-0.39, 0.29) is 11.4 Å². The summed E-state index contributed by atoms with van der Waals surface area (Å²) in [5.74, 6) is 0.174. The van der Waals surface area contributed by atoms with Crippen LogP contribution in [-0.4, -0.2) is 34.3 Å². The summed E-state index contributed by atoms with van der Waals surface area (Å²) in [4.78, 5) is 21.6. The van der Waals surface area contributed by atoms with Crippen LogP contribution in [0.5, 0.6) is 0 Å². The predicted octanol–water partition coefficient (Wildman–Crippen LogP) is 5.40. The van der Waals surface area contributed by atoms with Crippen molar-refractivity contribution >= 4 is 17.2 Å². The summed E-state index contributed by atoms with van der Waals surface area (Å²) in [6.45, 7) is 9.65. The molecule has 0 radical (unpaired) electrons. The molecule has 0 aromatic heterocycles. The van der Waals surface area contributed by atoms with E-state index in [4.69, 9.17) is 0 Å². The number of hydrogen-bond acceptors (Lipinski definition) is 3. The highest BCUT2D eigenvalue weighted by Crippen LogP contribution is 2.55. The average Bonchev–Trinajstić information content (AvgIpc) is 3.31. The van der Waals surface area contributed by atoms with Crippen LogP contribution >= 0.6 is 0 Å². The third-order valence-electron chi connectivity index (χ3n) is 7.70. The number of benzene rings is 3. The molecule has 172 valence electrons. The number of nitrogens with zero attached hydrogens (tertiary/aromatic N) is 3. The van der Waals surface area contributed by atoms with Crippen molar-refractivity contribution in [1.29, 1.82) is 0 Å². The third-order valence-corrected chi connectivity index (χ3v) is 7.70. The molecule has 4 nitrogen and oxygen atoms in total. The van der Waals surface area contributed by atoms with E-state index in [0.29, 0.717) is 0 Å². The zero-order valence-electron chi connectivity index (χ0n) is 20.2. The van der Waals surface area contributed by atoms with Gasteiger partial charge in [-0.15, -0.1) is 0 Å². The van der Waals surface area contributed by atoms with Crippen LogP contribution < -0.4 is 4.90 Å². The lowest BCUT2D eigenvalue weighted by atomic mass is 9.88. The van der Waals surface area contributed by atoms with Crippen molar-refractivity contribution in [3.8, 4) is 0 Å². The van der Waals surface area contributed by atoms with Crippen molar-refractivity contribution in [3.05, 3.63) is 107 Å². The maximum Gasteiger partial charge on any atom is 0.268 e. The van der Waals surface area contributed by atoms with Gasteiger partial charge in [-0.3, -0.25) is 19.5 Å².